The lowest BCUT2D eigenvalue weighted by Gasteiger charge is -2.17. The Morgan fingerprint density at radius 3 is 2.53 bits per heavy atom. The number of anilines is 2. The zero-order valence-corrected chi connectivity index (χ0v) is 10.9. The van der Waals surface area contributed by atoms with E-state index in [0.29, 0.717) is 11.3 Å². The second-order valence-corrected chi connectivity index (χ2v) is 4.58. The molecule has 1 atom stereocenters. The minimum absolute atomic E-state index is 0.0712. The lowest BCUT2D eigenvalue weighted by Crippen LogP contribution is -2.09. The van der Waals surface area contributed by atoms with Gasteiger partial charge in [-0.25, -0.2) is 8.78 Å². The second kappa shape index (κ2) is 5.26. The quantitative estimate of drug-likeness (QED) is 0.820. The molecule has 19 heavy (non-hydrogen) atoms. The number of halogens is 2. The van der Waals surface area contributed by atoms with Crippen molar-refractivity contribution in [2.45, 2.75) is 19.9 Å². The first-order valence-electron chi connectivity index (χ1n) is 6.05. The van der Waals surface area contributed by atoms with Gasteiger partial charge in [0.05, 0.1) is 11.4 Å². The number of benzene rings is 2. The maximum atomic E-state index is 13.5. The Kier molecular flexibility index (Phi) is 3.69. The molecule has 2 aromatic carbocycles. The van der Waals surface area contributed by atoms with Crippen LogP contribution in [0.4, 0.5) is 20.2 Å². The number of para-hydroxylation sites is 1. The largest absolute Gasteiger partial charge is 0.395 e. The molecule has 100 valence electrons. The predicted octanol–water partition coefficient (Wildman–Crippen LogP) is 4.03. The van der Waals surface area contributed by atoms with Gasteiger partial charge >= 0.3 is 0 Å². The van der Waals surface area contributed by atoms with Crippen LogP contribution in [0.5, 0.6) is 0 Å². The van der Waals surface area contributed by atoms with Crippen molar-refractivity contribution in [3.63, 3.8) is 0 Å². The van der Waals surface area contributed by atoms with Gasteiger partial charge in [0, 0.05) is 6.04 Å². The van der Waals surface area contributed by atoms with Gasteiger partial charge in [-0.05, 0) is 43.2 Å². The van der Waals surface area contributed by atoms with E-state index >= 15 is 0 Å². The first-order chi connectivity index (χ1) is 8.99. The Labute approximate surface area is 111 Å². The third-order valence-corrected chi connectivity index (χ3v) is 3.12. The molecule has 3 N–H and O–H groups in total. The fourth-order valence-electron chi connectivity index (χ4n) is 1.86. The van der Waals surface area contributed by atoms with E-state index < -0.39 is 5.82 Å². The summed E-state index contributed by atoms with van der Waals surface area (Å²) in [6.45, 7) is 3.58. The highest BCUT2D eigenvalue weighted by molar-refractivity contribution is 5.67. The lowest BCUT2D eigenvalue weighted by molar-refractivity contribution is 0.614. The van der Waals surface area contributed by atoms with Gasteiger partial charge in [0.1, 0.15) is 11.6 Å². The Morgan fingerprint density at radius 1 is 1.11 bits per heavy atom. The van der Waals surface area contributed by atoms with Gasteiger partial charge in [0.15, 0.2) is 0 Å². The van der Waals surface area contributed by atoms with Crippen molar-refractivity contribution in [1.82, 2.24) is 0 Å². The molecule has 0 aliphatic heterocycles. The highest BCUT2D eigenvalue weighted by Crippen LogP contribution is 2.26. The summed E-state index contributed by atoms with van der Waals surface area (Å²) in [7, 11) is 0. The smallest absolute Gasteiger partial charge is 0.148 e. The van der Waals surface area contributed by atoms with Gasteiger partial charge in [-0.15, -0.1) is 0 Å². The Bertz CT molecular complexity index is 597. The van der Waals surface area contributed by atoms with Crippen molar-refractivity contribution in [3.8, 4) is 0 Å². The molecular formula is C15H16F2N2. The van der Waals surface area contributed by atoms with E-state index in [1.54, 1.807) is 25.1 Å². The Hall–Kier alpha value is -2.10. The first kappa shape index (κ1) is 13.3. The van der Waals surface area contributed by atoms with Gasteiger partial charge in [-0.3, -0.25) is 0 Å². The highest BCUT2D eigenvalue weighted by atomic mass is 19.1. The van der Waals surface area contributed by atoms with Crippen LogP contribution in [-0.2, 0) is 0 Å². The van der Waals surface area contributed by atoms with Gasteiger partial charge in [-0.1, -0.05) is 18.2 Å². The summed E-state index contributed by atoms with van der Waals surface area (Å²) in [5, 5.41) is 3.08. The summed E-state index contributed by atoms with van der Waals surface area (Å²) in [5.74, 6) is -0.717. The molecule has 0 saturated heterocycles. The normalized spacial score (nSPS) is 12.2. The predicted molar refractivity (Wildman–Crippen MR) is 74.0 cm³/mol. The van der Waals surface area contributed by atoms with Crippen molar-refractivity contribution < 1.29 is 8.78 Å². The van der Waals surface area contributed by atoms with Crippen LogP contribution < -0.4 is 11.1 Å². The van der Waals surface area contributed by atoms with E-state index in [-0.39, 0.29) is 17.5 Å². The molecule has 0 fully saturated rings. The summed E-state index contributed by atoms with van der Waals surface area (Å²) >= 11 is 0. The van der Waals surface area contributed by atoms with Crippen molar-refractivity contribution >= 4 is 11.4 Å². The summed E-state index contributed by atoms with van der Waals surface area (Å²) in [6.07, 6.45) is 0. The van der Waals surface area contributed by atoms with Gasteiger partial charge in [0.2, 0.25) is 0 Å². The molecule has 2 aromatic rings. The zero-order chi connectivity index (χ0) is 14.0. The molecule has 2 rings (SSSR count). The van der Waals surface area contributed by atoms with Crippen LogP contribution in [0, 0.1) is 18.6 Å². The number of hydrogen-bond donors (Lipinski definition) is 2. The van der Waals surface area contributed by atoms with Gasteiger partial charge in [-0.2, -0.15) is 0 Å². The summed E-state index contributed by atoms with van der Waals surface area (Å²) < 4.78 is 26.8. The van der Waals surface area contributed by atoms with Crippen LogP contribution in [0.25, 0.3) is 0 Å². The monoisotopic (exact) mass is 262 g/mol. The maximum absolute atomic E-state index is 13.5. The van der Waals surface area contributed by atoms with Crippen molar-refractivity contribution in [3.05, 3.63) is 59.2 Å². The highest BCUT2D eigenvalue weighted by Gasteiger charge is 2.10. The average molecular weight is 262 g/mol. The summed E-state index contributed by atoms with van der Waals surface area (Å²) in [4.78, 5) is 0. The number of nitrogens with one attached hydrogen (secondary N) is 1. The molecule has 0 spiro atoms. The van der Waals surface area contributed by atoms with Crippen LogP contribution in [0.1, 0.15) is 24.1 Å². The molecule has 0 aromatic heterocycles. The van der Waals surface area contributed by atoms with Crippen LogP contribution in [0.2, 0.25) is 0 Å². The molecule has 0 heterocycles. The van der Waals surface area contributed by atoms with Crippen molar-refractivity contribution in [1.29, 1.82) is 0 Å². The zero-order valence-electron chi connectivity index (χ0n) is 10.9. The third-order valence-electron chi connectivity index (χ3n) is 3.12. The molecular weight excluding hydrogens is 246 g/mol. The number of nitrogens with two attached hydrogens (primary N) is 1. The maximum Gasteiger partial charge on any atom is 0.148 e. The number of nitrogen functional groups attached to an aromatic ring is 1. The first-order valence-corrected chi connectivity index (χ1v) is 6.05. The molecule has 1 unspecified atom stereocenters. The molecule has 0 radical (unpaired) electrons. The van der Waals surface area contributed by atoms with E-state index in [4.69, 9.17) is 5.73 Å². The number of rotatable bonds is 3. The molecule has 0 saturated carbocycles. The third kappa shape index (κ3) is 2.84. The SMILES string of the molecule is Cc1ccc(C(C)Nc2cccc(F)c2N)cc1F. The molecule has 0 aliphatic carbocycles. The molecule has 2 nitrogen and oxygen atoms in total. The van der Waals surface area contributed by atoms with Crippen molar-refractivity contribution in [2.75, 3.05) is 11.1 Å². The van der Waals surface area contributed by atoms with Crippen LogP contribution in [0.15, 0.2) is 36.4 Å². The average Bonchev–Trinajstić information content (AvgIpc) is 2.38. The Morgan fingerprint density at radius 2 is 1.84 bits per heavy atom. The summed E-state index contributed by atoms with van der Waals surface area (Å²) in [6, 6.07) is 9.44. The molecule has 0 aliphatic rings. The summed E-state index contributed by atoms with van der Waals surface area (Å²) in [5.41, 5.74) is 7.61. The standard InChI is InChI=1S/C15H16F2N2/c1-9-6-7-11(8-13(9)17)10(2)19-14-5-3-4-12(16)15(14)18/h3-8,10,19H,18H2,1-2H3. The minimum Gasteiger partial charge on any atom is -0.395 e. The van der Waals surface area contributed by atoms with Crippen LogP contribution in [0.3, 0.4) is 0 Å². The fourth-order valence-corrected chi connectivity index (χ4v) is 1.86. The number of hydrogen-bond acceptors (Lipinski definition) is 2. The van der Waals surface area contributed by atoms with E-state index in [1.165, 1.54) is 12.1 Å². The van der Waals surface area contributed by atoms with E-state index in [0.717, 1.165) is 5.56 Å². The Balaban J connectivity index is 2.23. The molecule has 4 heteroatoms. The lowest BCUT2D eigenvalue weighted by atomic mass is 10.1. The minimum atomic E-state index is -0.465. The van der Waals surface area contributed by atoms with Gasteiger partial charge in [0.25, 0.3) is 0 Å². The van der Waals surface area contributed by atoms with Crippen molar-refractivity contribution in [2.24, 2.45) is 0 Å². The van der Waals surface area contributed by atoms with E-state index in [9.17, 15) is 8.78 Å². The fraction of sp³-hybridized carbons (Fsp3) is 0.200. The molecule has 0 amide bonds. The topological polar surface area (TPSA) is 38.0 Å². The van der Waals surface area contributed by atoms with E-state index in [2.05, 4.69) is 5.32 Å². The van der Waals surface area contributed by atoms with Gasteiger partial charge < -0.3 is 11.1 Å². The molecule has 0 bridgehead atoms. The number of aryl methyl sites for hydroxylation is 1. The second-order valence-electron chi connectivity index (χ2n) is 4.58. The van der Waals surface area contributed by atoms with E-state index in [1.807, 2.05) is 13.0 Å². The van der Waals surface area contributed by atoms with Crippen LogP contribution in [-0.4, -0.2) is 0 Å². The van der Waals surface area contributed by atoms with Crippen LogP contribution >= 0.6 is 0 Å².